The number of nitrogens with zero attached hydrogens (tertiary/aromatic N) is 1. The molecular formula is C19H19N3O3S. The molecule has 3 amide bonds. The number of rotatable bonds is 1. The molecule has 1 aromatic carbocycles. The van der Waals surface area contributed by atoms with Crippen LogP contribution in [-0.4, -0.2) is 48.3 Å². The van der Waals surface area contributed by atoms with Crippen LogP contribution < -0.4 is 10.6 Å². The number of benzene rings is 1. The Morgan fingerprint density at radius 1 is 1.19 bits per heavy atom. The molecule has 3 saturated heterocycles. The third-order valence-electron chi connectivity index (χ3n) is 5.65. The zero-order valence-corrected chi connectivity index (χ0v) is 15.0. The second-order valence-electron chi connectivity index (χ2n) is 7.32. The van der Waals surface area contributed by atoms with Gasteiger partial charge in [0.1, 0.15) is 0 Å². The molecule has 2 bridgehead atoms. The van der Waals surface area contributed by atoms with Crippen molar-refractivity contribution in [2.75, 3.05) is 19.6 Å². The number of fused-ring (bicyclic) bond motifs is 7. The third-order valence-corrected chi connectivity index (χ3v) is 6.87. The van der Waals surface area contributed by atoms with Gasteiger partial charge >= 0.3 is 0 Å². The van der Waals surface area contributed by atoms with Gasteiger partial charge in [0.15, 0.2) is 0 Å². The van der Waals surface area contributed by atoms with E-state index in [0.717, 1.165) is 39.8 Å². The molecule has 0 unspecified atom stereocenters. The summed E-state index contributed by atoms with van der Waals surface area (Å²) in [4.78, 5) is 39.7. The number of carbonyl (C=O) groups is 3. The summed E-state index contributed by atoms with van der Waals surface area (Å²) in [6, 6.07) is 5.76. The third kappa shape index (κ3) is 2.41. The summed E-state index contributed by atoms with van der Waals surface area (Å²) in [7, 11) is 0. The summed E-state index contributed by atoms with van der Waals surface area (Å²) in [6.07, 6.45) is 2.59. The minimum atomic E-state index is -0.0981. The van der Waals surface area contributed by atoms with Gasteiger partial charge in [-0.05, 0) is 48.4 Å². The summed E-state index contributed by atoms with van der Waals surface area (Å²) in [5, 5.41) is 6.90. The Morgan fingerprint density at radius 3 is 2.92 bits per heavy atom. The number of nitrogens with one attached hydrogen (secondary N) is 2. The summed E-state index contributed by atoms with van der Waals surface area (Å²) in [6.45, 7) is 1.70. The van der Waals surface area contributed by atoms with Gasteiger partial charge in [-0.3, -0.25) is 14.4 Å². The number of amides is 3. The maximum atomic E-state index is 13.1. The molecular weight excluding hydrogens is 350 g/mol. The fourth-order valence-corrected chi connectivity index (χ4v) is 5.43. The van der Waals surface area contributed by atoms with E-state index >= 15 is 0 Å². The largest absolute Gasteiger partial charge is 0.351 e. The highest BCUT2D eigenvalue weighted by Crippen LogP contribution is 2.34. The quantitative estimate of drug-likeness (QED) is 0.800. The molecule has 6 nitrogen and oxygen atoms in total. The van der Waals surface area contributed by atoms with Gasteiger partial charge in [0.25, 0.3) is 11.8 Å². The van der Waals surface area contributed by atoms with E-state index in [2.05, 4.69) is 10.6 Å². The number of carbonyl (C=O) groups excluding carboxylic acids is 3. The van der Waals surface area contributed by atoms with Crippen molar-refractivity contribution in [1.82, 2.24) is 15.5 Å². The highest BCUT2D eigenvalue weighted by atomic mass is 32.1. The zero-order chi connectivity index (χ0) is 17.8. The van der Waals surface area contributed by atoms with Crippen LogP contribution in [0.25, 0.3) is 10.1 Å². The lowest BCUT2D eigenvalue weighted by Gasteiger charge is -2.23. The summed E-state index contributed by atoms with van der Waals surface area (Å²) in [5.41, 5.74) is 1.69. The van der Waals surface area contributed by atoms with Crippen molar-refractivity contribution in [2.24, 2.45) is 5.92 Å². The first kappa shape index (κ1) is 15.8. The van der Waals surface area contributed by atoms with Crippen molar-refractivity contribution in [3.63, 3.8) is 0 Å². The molecule has 0 aliphatic carbocycles. The van der Waals surface area contributed by atoms with E-state index in [4.69, 9.17) is 0 Å². The van der Waals surface area contributed by atoms with E-state index in [-0.39, 0.29) is 29.7 Å². The Kier molecular flexibility index (Phi) is 3.53. The average Bonchev–Trinajstić information content (AvgIpc) is 2.79. The Labute approximate surface area is 154 Å². The lowest BCUT2D eigenvalue weighted by atomic mass is 9.96. The van der Waals surface area contributed by atoms with E-state index in [9.17, 15) is 14.4 Å². The van der Waals surface area contributed by atoms with Crippen LogP contribution in [0.4, 0.5) is 0 Å². The van der Waals surface area contributed by atoms with Gasteiger partial charge in [-0.2, -0.15) is 0 Å². The summed E-state index contributed by atoms with van der Waals surface area (Å²) in [5.74, 6) is -0.0709. The molecule has 2 N–H and O–H groups in total. The van der Waals surface area contributed by atoms with Crippen LogP contribution in [0.1, 0.15) is 38.4 Å². The maximum Gasteiger partial charge on any atom is 0.261 e. The monoisotopic (exact) mass is 369 g/mol. The van der Waals surface area contributed by atoms with Crippen LogP contribution in [0, 0.1) is 5.92 Å². The van der Waals surface area contributed by atoms with Crippen molar-refractivity contribution in [3.05, 3.63) is 34.2 Å². The first-order valence-electron chi connectivity index (χ1n) is 9.03. The SMILES string of the molecule is O=C1NCCc2c1sc1ccc(C(=O)N3C[C@@H]4CC[C@H](C3)C(=O)N4)cc21. The van der Waals surface area contributed by atoms with Crippen molar-refractivity contribution in [3.8, 4) is 0 Å². The maximum absolute atomic E-state index is 13.1. The lowest BCUT2D eigenvalue weighted by molar-refractivity contribution is -0.126. The molecule has 4 aliphatic rings. The normalized spacial score (nSPS) is 24.8. The van der Waals surface area contributed by atoms with Crippen LogP contribution >= 0.6 is 11.3 Å². The minimum absolute atomic E-state index is 0.0194. The molecule has 0 spiro atoms. The lowest BCUT2D eigenvalue weighted by Crippen LogP contribution is -2.43. The molecule has 0 radical (unpaired) electrons. The Bertz CT molecular complexity index is 951. The average molecular weight is 369 g/mol. The topological polar surface area (TPSA) is 78.5 Å². The number of piperidine rings is 1. The molecule has 6 rings (SSSR count). The van der Waals surface area contributed by atoms with Crippen molar-refractivity contribution >= 4 is 39.1 Å². The van der Waals surface area contributed by atoms with Gasteiger partial charge in [0, 0.05) is 35.9 Å². The van der Waals surface area contributed by atoms with E-state index in [1.807, 2.05) is 23.1 Å². The van der Waals surface area contributed by atoms with Gasteiger partial charge in [-0.25, -0.2) is 0 Å². The fraction of sp³-hybridized carbons (Fsp3) is 0.421. The van der Waals surface area contributed by atoms with Gasteiger partial charge in [-0.1, -0.05) is 0 Å². The predicted molar refractivity (Wildman–Crippen MR) is 98.4 cm³/mol. The summed E-state index contributed by atoms with van der Waals surface area (Å²) < 4.78 is 1.04. The van der Waals surface area contributed by atoms with Crippen LogP contribution in [0.15, 0.2) is 18.2 Å². The zero-order valence-electron chi connectivity index (χ0n) is 14.2. The predicted octanol–water partition coefficient (Wildman–Crippen LogP) is 1.54. The van der Waals surface area contributed by atoms with Crippen molar-refractivity contribution in [1.29, 1.82) is 0 Å². The smallest absolute Gasteiger partial charge is 0.261 e. The van der Waals surface area contributed by atoms with E-state index in [1.54, 1.807) is 0 Å². The van der Waals surface area contributed by atoms with Crippen LogP contribution in [0.2, 0.25) is 0 Å². The van der Waals surface area contributed by atoms with Crippen molar-refractivity contribution in [2.45, 2.75) is 25.3 Å². The standard InChI is InChI=1S/C19H19N3O3S/c23-17-11-1-3-12(21-17)9-22(8-11)19(25)10-2-4-15-14(7-10)13-5-6-20-18(24)16(13)26-15/h2,4,7,11-12H,1,3,5-6,8-9H2,(H,20,24)(H,21,23)/t11-,12+/m1/s1. The second-order valence-corrected chi connectivity index (χ2v) is 8.37. The number of hydrogen-bond donors (Lipinski definition) is 2. The fourth-order valence-electron chi connectivity index (χ4n) is 4.29. The first-order chi connectivity index (χ1) is 12.6. The molecule has 0 saturated carbocycles. The molecule has 3 fully saturated rings. The molecule has 26 heavy (non-hydrogen) atoms. The highest BCUT2D eigenvalue weighted by Gasteiger charge is 2.36. The Morgan fingerprint density at radius 2 is 2.08 bits per heavy atom. The van der Waals surface area contributed by atoms with Crippen molar-refractivity contribution < 1.29 is 14.4 Å². The number of hydrogen-bond acceptors (Lipinski definition) is 4. The number of thiophene rings is 1. The van der Waals surface area contributed by atoms with E-state index in [1.165, 1.54) is 11.3 Å². The van der Waals surface area contributed by atoms with Crippen LogP contribution in [-0.2, 0) is 11.2 Å². The molecule has 1 aromatic heterocycles. The highest BCUT2D eigenvalue weighted by molar-refractivity contribution is 7.21. The Hall–Kier alpha value is -2.41. The molecule has 2 aromatic rings. The molecule has 2 atom stereocenters. The molecule has 7 heteroatoms. The summed E-state index contributed by atoms with van der Waals surface area (Å²) >= 11 is 1.49. The van der Waals surface area contributed by atoms with Gasteiger partial charge in [0.2, 0.25) is 5.91 Å². The second kappa shape index (κ2) is 5.81. The Balaban J connectivity index is 1.50. The van der Waals surface area contributed by atoms with Gasteiger partial charge < -0.3 is 15.5 Å². The van der Waals surface area contributed by atoms with E-state index < -0.39 is 0 Å². The van der Waals surface area contributed by atoms with Crippen LogP contribution in [0.3, 0.4) is 0 Å². The van der Waals surface area contributed by atoms with Crippen LogP contribution in [0.5, 0.6) is 0 Å². The molecule has 134 valence electrons. The van der Waals surface area contributed by atoms with Gasteiger partial charge in [0.05, 0.1) is 10.8 Å². The molecule has 4 aliphatic heterocycles. The van der Waals surface area contributed by atoms with E-state index in [0.29, 0.717) is 25.2 Å². The molecule has 5 heterocycles. The van der Waals surface area contributed by atoms with Gasteiger partial charge in [-0.15, -0.1) is 11.3 Å². The first-order valence-corrected chi connectivity index (χ1v) is 9.85. The minimum Gasteiger partial charge on any atom is -0.351 e.